The van der Waals surface area contributed by atoms with Crippen molar-refractivity contribution in [1.29, 1.82) is 0 Å². The van der Waals surface area contributed by atoms with Gasteiger partial charge in [0.05, 0.1) is 0 Å². The van der Waals surface area contributed by atoms with Crippen molar-refractivity contribution in [3.63, 3.8) is 0 Å². The number of nitrogens with one attached hydrogen (secondary N) is 1. The summed E-state index contributed by atoms with van der Waals surface area (Å²) in [6, 6.07) is 19.4. The molecule has 0 aromatic heterocycles. The van der Waals surface area contributed by atoms with E-state index in [0.717, 1.165) is 6.54 Å². The lowest BCUT2D eigenvalue weighted by Gasteiger charge is -2.40. The van der Waals surface area contributed by atoms with E-state index in [1.165, 1.54) is 23.1 Å². The molecule has 0 saturated carbocycles. The number of benzene rings is 2. The highest BCUT2D eigenvalue weighted by Crippen LogP contribution is 2.31. The second kappa shape index (κ2) is 4.01. The highest BCUT2D eigenvalue weighted by Gasteiger charge is 2.32. The van der Waals surface area contributed by atoms with E-state index in [2.05, 4.69) is 66.8 Å². The largest absolute Gasteiger partial charge is 0.307 e. The molecule has 1 heterocycles. The molecule has 2 aromatic rings. The van der Waals surface area contributed by atoms with Crippen LogP contribution < -0.4 is 5.32 Å². The molecule has 0 spiro atoms. The molecule has 0 bridgehead atoms. The van der Waals surface area contributed by atoms with Crippen LogP contribution in [0.3, 0.4) is 0 Å². The number of hydrogen-bond acceptors (Lipinski definition) is 1. The highest BCUT2D eigenvalue weighted by molar-refractivity contribution is 5.63. The zero-order valence-corrected chi connectivity index (χ0v) is 10.1. The van der Waals surface area contributed by atoms with Gasteiger partial charge in [0, 0.05) is 5.54 Å². The Morgan fingerprint density at radius 2 is 1.47 bits per heavy atom. The molecule has 1 N–H and O–H groups in total. The summed E-state index contributed by atoms with van der Waals surface area (Å²) in [7, 11) is 0. The van der Waals surface area contributed by atoms with Crippen LogP contribution >= 0.6 is 0 Å². The summed E-state index contributed by atoms with van der Waals surface area (Å²) in [6.07, 6.45) is 1.23. The molecule has 0 amide bonds. The van der Waals surface area contributed by atoms with Crippen LogP contribution in [0.5, 0.6) is 0 Å². The van der Waals surface area contributed by atoms with Crippen molar-refractivity contribution in [2.75, 3.05) is 6.54 Å². The lowest BCUT2D eigenvalue weighted by atomic mass is 9.82. The second-order valence-electron chi connectivity index (χ2n) is 4.95. The zero-order chi connectivity index (χ0) is 11.7. The SMILES string of the molecule is CC1(c2ccc(-c3ccccc3)cc2)CCN1. The fourth-order valence-corrected chi connectivity index (χ4v) is 2.41. The molecule has 1 unspecified atom stereocenters. The maximum atomic E-state index is 3.50. The molecule has 1 aliphatic heterocycles. The molecule has 0 aliphatic carbocycles. The van der Waals surface area contributed by atoms with Crippen LogP contribution in [0.1, 0.15) is 18.9 Å². The average molecular weight is 223 g/mol. The molecule has 86 valence electrons. The molecule has 1 aliphatic rings. The van der Waals surface area contributed by atoms with Crippen molar-refractivity contribution in [2.24, 2.45) is 0 Å². The minimum absolute atomic E-state index is 0.204. The third kappa shape index (κ3) is 1.87. The topological polar surface area (TPSA) is 12.0 Å². The van der Waals surface area contributed by atoms with Crippen molar-refractivity contribution in [3.8, 4) is 11.1 Å². The van der Waals surface area contributed by atoms with Crippen LogP contribution in [-0.4, -0.2) is 6.54 Å². The minimum atomic E-state index is 0.204. The Morgan fingerprint density at radius 3 is 2.00 bits per heavy atom. The summed E-state index contributed by atoms with van der Waals surface area (Å²) < 4.78 is 0. The Kier molecular flexibility index (Phi) is 2.49. The predicted molar refractivity (Wildman–Crippen MR) is 71.8 cm³/mol. The maximum absolute atomic E-state index is 3.50. The molecule has 17 heavy (non-hydrogen) atoms. The fraction of sp³-hybridized carbons (Fsp3) is 0.250. The Labute approximate surface area is 102 Å². The van der Waals surface area contributed by atoms with E-state index < -0.39 is 0 Å². The van der Waals surface area contributed by atoms with Gasteiger partial charge in [-0.05, 0) is 36.6 Å². The van der Waals surface area contributed by atoms with E-state index >= 15 is 0 Å². The summed E-state index contributed by atoms with van der Waals surface area (Å²) in [5.41, 5.74) is 4.17. The third-order valence-electron chi connectivity index (χ3n) is 3.77. The van der Waals surface area contributed by atoms with Gasteiger partial charge in [0.2, 0.25) is 0 Å². The molecule has 1 saturated heterocycles. The molecular formula is C16H17N. The molecule has 2 aromatic carbocycles. The van der Waals surface area contributed by atoms with E-state index in [9.17, 15) is 0 Å². The molecule has 1 atom stereocenters. The Balaban J connectivity index is 1.90. The Bertz CT molecular complexity index is 495. The van der Waals surface area contributed by atoms with Gasteiger partial charge in [-0.15, -0.1) is 0 Å². The van der Waals surface area contributed by atoms with Crippen LogP contribution in [-0.2, 0) is 5.54 Å². The Morgan fingerprint density at radius 1 is 0.882 bits per heavy atom. The second-order valence-corrected chi connectivity index (χ2v) is 4.95. The summed E-state index contributed by atoms with van der Waals surface area (Å²) in [4.78, 5) is 0. The first kappa shape index (κ1) is 10.5. The van der Waals surface area contributed by atoms with Crippen molar-refractivity contribution >= 4 is 0 Å². The maximum Gasteiger partial charge on any atom is 0.0418 e. The summed E-state index contributed by atoms with van der Waals surface area (Å²) in [6.45, 7) is 3.41. The van der Waals surface area contributed by atoms with Gasteiger partial charge in [0.25, 0.3) is 0 Å². The van der Waals surface area contributed by atoms with E-state index in [-0.39, 0.29) is 5.54 Å². The van der Waals surface area contributed by atoms with Gasteiger partial charge >= 0.3 is 0 Å². The lowest BCUT2D eigenvalue weighted by Crippen LogP contribution is -2.51. The van der Waals surface area contributed by atoms with E-state index in [4.69, 9.17) is 0 Å². The smallest absolute Gasteiger partial charge is 0.0418 e. The van der Waals surface area contributed by atoms with Crippen LogP contribution in [0.25, 0.3) is 11.1 Å². The Hall–Kier alpha value is -1.60. The monoisotopic (exact) mass is 223 g/mol. The fourth-order valence-electron chi connectivity index (χ4n) is 2.41. The van der Waals surface area contributed by atoms with Crippen LogP contribution in [0.15, 0.2) is 54.6 Å². The van der Waals surface area contributed by atoms with Gasteiger partial charge in [0.15, 0.2) is 0 Å². The van der Waals surface area contributed by atoms with Crippen molar-refractivity contribution < 1.29 is 0 Å². The molecule has 3 rings (SSSR count). The van der Waals surface area contributed by atoms with Crippen molar-refractivity contribution in [1.82, 2.24) is 5.32 Å². The highest BCUT2D eigenvalue weighted by atomic mass is 15.0. The first-order valence-corrected chi connectivity index (χ1v) is 6.19. The van der Waals surface area contributed by atoms with Crippen LogP contribution in [0.2, 0.25) is 0 Å². The summed E-state index contributed by atoms with van der Waals surface area (Å²) in [5, 5.41) is 3.50. The van der Waals surface area contributed by atoms with Gasteiger partial charge in [0.1, 0.15) is 0 Å². The molecule has 1 fully saturated rings. The molecular weight excluding hydrogens is 206 g/mol. The molecule has 1 nitrogen and oxygen atoms in total. The quantitative estimate of drug-likeness (QED) is 0.820. The number of hydrogen-bond donors (Lipinski definition) is 1. The average Bonchev–Trinajstić information content (AvgIpc) is 2.37. The van der Waals surface area contributed by atoms with Gasteiger partial charge in [-0.2, -0.15) is 0 Å². The van der Waals surface area contributed by atoms with E-state index in [1.54, 1.807) is 0 Å². The van der Waals surface area contributed by atoms with Crippen molar-refractivity contribution in [3.05, 3.63) is 60.2 Å². The number of rotatable bonds is 2. The van der Waals surface area contributed by atoms with Gasteiger partial charge in [-0.25, -0.2) is 0 Å². The summed E-state index contributed by atoms with van der Waals surface area (Å²) in [5.74, 6) is 0. The van der Waals surface area contributed by atoms with Crippen molar-refractivity contribution in [2.45, 2.75) is 18.9 Å². The first-order chi connectivity index (χ1) is 8.28. The normalized spacial score (nSPS) is 23.1. The zero-order valence-electron chi connectivity index (χ0n) is 10.1. The summed E-state index contributed by atoms with van der Waals surface area (Å²) >= 11 is 0. The van der Waals surface area contributed by atoms with E-state index in [0.29, 0.717) is 0 Å². The van der Waals surface area contributed by atoms with Gasteiger partial charge < -0.3 is 5.32 Å². The minimum Gasteiger partial charge on any atom is -0.307 e. The van der Waals surface area contributed by atoms with Crippen LogP contribution in [0.4, 0.5) is 0 Å². The first-order valence-electron chi connectivity index (χ1n) is 6.19. The van der Waals surface area contributed by atoms with Crippen LogP contribution in [0, 0.1) is 0 Å². The third-order valence-corrected chi connectivity index (χ3v) is 3.77. The molecule has 1 heteroatoms. The molecule has 0 radical (unpaired) electrons. The van der Waals surface area contributed by atoms with Gasteiger partial charge in [-0.1, -0.05) is 54.6 Å². The van der Waals surface area contributed by atoms with Gasteiger partial charge in [-0.3, -0.25) is 0 Å². The van der Waals surface area contributed by atoms with E-state index in [1.807, 2.05) is 0 Å². The predicted octanol–water partition coefficient (Wildman–Crippen LogP) is 3.56. The lowest BCUT2D eigenvalue weighted by molar-refractivity contribution is 0.237. The standard InChI is InChI=1S/C16H17N/c1-16(11-12-17-16)15-9-7-14(8-10-15)13-5-3-2-4-6-13/h2-10,17H,11-12H2,1H3.